The summed E-state index contributed by atoms with van der Waals surface area (Å²) in [6.45, 7) is 1.35. The summed E-state index contributed by atoms with van der Waals surface area (Å²) in [4.78, 5) is 11.7. The molecule has 1 aromatic heterocycles. The van der Waals surface area contributed by atoms with Crippen LogP contribution in [0.4, 0.5) is 10.5 Å². The number of hydrogen-bond acceptors (Lipinski definition) is 3. The van der Waals surface area contributed by atoms with E-state index in [0.717, 1.165) is 54.1 Å². The van der Waals surface area contributed by atoms with Crippen molar-refractivity contribution in [2.24, 2.45) is 0 Å². The molecule has 114 valence electrons. The fourth-order valence-electron chi connectivity index (χ4n) is 2.64. The second-order valence-electron chi connectivity index (χ2n) is 5.78. The van der Waals surface area contributed by atoms with Crippen LogP contribution in [0.15, 0.2) is 24.3 Å². The lowest BCUT2D eigenvalue weighted by Crippen LogP contribution is -2.30. The van der Waals surface area contributed by atoms with Gasteiger partial charge in [-0.25, -0.2) is 4.79 Å². The number of H-pyrrole nitrogens is 1. The van der Waals surface area contributed by atoms with Crippen molar-refractivity contribution in [3.8, 4) is 11.3 Å². The Morgan fingerprint density at radius 3 is 2.86 bits per heavy atom. The van der Waals surface area contributed by atoms with E-state index in [1.54, 1.807) is 0 Å². The number of hydrogen-bond donors (Lipinski definition) is 3. The van der Waals surface area contributed by atoms with Crippen molar-refractivity contribution in [2.45, 2.75) is 31.9 Å². The molecule has 2 heterocycles. The highest BCUT2D eigenvalue weighted by Crippen LogP contribution is 2.28. The molecule has 22 heavy (non-hydrogen) atoms. The minimum absolute atomic E-state index is 0.138. The van der Waals surface area contributed by atoms with Gasteiger partial charge in [-0.15, -0.1) is 0 Å². The average molecular weight is 298 g/mol. The maximum atomic E-state index is 11.7. The van der Waals surface area contributed by atoms with Gasteiger partial charge < -0.3 is 15.4 Å². The second-order valence-corrected chi connectivity index (χ2v) is 5.78. The number of aromatic nitrogens is 2. The summed E-state index contributed by atoms with van der Waals surface area (Å²) in [5.41, 5.74) is 5.04. The lowest BCUT2D eigenvalue weighted by atomic mass is 10.0. The lowest BCUT2D eigenvalue weighted by molar-refractivity contribution is 0.110. The topological polar surface area (TPSA) is 79.0 Å². The van der Waals surface area contributed by atoms with Crippen LogP contribution in [0.1, 0.15) is 24.1 Å². The first-order chi connectivity index (χ1) is 10.8. The van der Waals surface area contributed by atoms with Crippen molar-refractivity contribution in [3.05, 3.63) is 35.5 Å². The van der Waals surface area contributed by atoms with Crippen LogP contribution >= 0.6 is 0 Å². The Morgan fingerprint density at radius 2 is 2.09 bits per heavy atom. The molecule has 0 spiro atoms. The van der Waals surface area contributed by atoms with Gasteiger partial charge >= 0.3 is 6.03 Å². The fraction of sp³-hybridized carbons (Fsp3) is 0.375. The highest BCUT2D eigenvalue weighted by Gasteiger charge is 2.23. The van der Waals surface area contributed by atoms with E-state index in [1.165, 1.54) is 0 Å². The van der Waals surface area contributed by atoms with Gasteiger partial charge in [0.1, 0.15) is 0 Å². The summed E-state index contributed by atoms with van der Waals surface area (Å²) < 4.78 is 5.51. The molecule has 1 saturated carbocycles. The van der Waals surface area contributed by atoms with E-state index in [1.807, 2.05) is 24.3 Å². The Hall–Kier alpha value is -2.34. The molecule has 1 aliphatic carbocycles. The third-order valence-electron chi connectivity index (χ3n) is 4.02. The summed E-state index contributed by atoms with van der Waals surface area (Å²) in [6.07, 6.45) is 3.04. The highest BCUT2D eigenvalue weighted by molar-refractivity contribution is 5.90. The molecule has 0 atom stereocenters. The Bertz CT molecular complexity index is 689. The number of urea groups is 1. The van der Waals surface area contributed by atoms with E-state index in [0.29, 0.717) is 12.6 Å². The predicted molar refractivity (Wildman–Crippen MR) is 82.6 cm³/mol. The summed E-state index contributed by atoms with van der Waals surface area (Å²) >= 11 is 0. The molecule has 6 heteroatoms. The SMILES string of the molecule is O=C(Nc1ccc(-c2n[nH]c3c2COCC3)cc1)NC1CC1. The molecule has 0 radical (unpaired) electrons. The molecule has 2 aromatic rings. The van der Waals surface area contributed by atoms with Crippen molar-refractivity contribution >= 4 is 11.7 Å². The van der Waals surface area contributed by atoms with Crippen molar-refractivity contribution < 1.29 is 9.53 Å². The molecule has 0 unspecified atom stereocenters. The molecule has 3 N–H and O–H groups in total. The van der Waals surface area contributed by atoms with Gasteiger partial charge in [0.15, 0.2) is 0 Å². The minimum Gasteiger partial charge on any atom is -0.376 e. The number of ether oxygens (including phenoxy) is 1. The number of carbonyl (C=O) groups excluding carboxylic acids is 1. The third-order valence-corrected chi connectivity index (χ3v) is 4.02. The van der Waals surface area contributed by atoms with Crippen molar-refractivity contribution in [1.82, 2.24) is 15.5 Å². The molecule has 1 aromatic carbocycles. The number of fused-ring (bicyclic) bond motifs is 1. The standard InChI is InChI=1S/C16H18N4O2/c21-16(18-12-5-6-12)17-11-3-1-10(2-4-11)15-13-9-22-8-7-14(13)19-20-15/h1-4,12H,5-9H2,(H,19,20)(H2,17,18,21). The predicted octanol–water partition coefficient (Wildman–Crippen LogP) is 2.43. The number of anilines is 1. The number of carbonyl (C=O) groups is 1. The molecular formula is C16H18N4O2. The number of rotatable bonds is 3. The van der Waals surface area contributed by atoms with Crippen LogP contribution in [-0.2, 0) is 17.8 Å². The normalized spacial score (nSPS) is 16.9. The average Bonchev–Trinajstić information content (AvgIpc) is 3.24. The van der Waals surface area contributed by atoms with Crippen molar-refractivity contribution in [3.63, 3.8) is 0 Å². The fourth-order valence-corrected chi connectivity index (χ4v) is 2.64. The van der Waals surface area contributed by atoms with Crippen LogP contribution in [-0.4, -0.2) is 28.9 Å². The summed E-state index contributed by atoms with van der Waals surface area (Å²) in [7, 11) is 0. The Balaban J connectivity index is 1.49. The van der Waals surface area contributed by atoms with Gasteiger partial charge in [0, 0.05) is 35.0 Å². The number of nitrogens with one attached hydrogen (secondary N) is 3. The van der Waals surface area contributed by atoms with Gasteiger partial charge in [0.05, 0.1) is 18.9 Å². The first-order valence-electron chi connectivity index (χ1n) is 7.61. The number of benzene rings is 1. The van der Waals surface area contributed by atoms with E-state index in [-0.39, 0.29) is 6.03 Å². The Kier molecular flexibility index (Phi) is 3.31. The first-order valence-corrected chi connectivity index (χ1v) is 7.61. The zero-order chi connectivity index (χ0) is 14.9. The van der Waals surface area contributed by atoms with Gasteiger partial charge in [-0.3, -0.25) is 5.10 Å². The number of amides is 2. The van der Waals surface area contributed by atoms with E-state index in [2.05, 4.69) is 20.8 Å². The van der Waals surface area contributed by atoms with Crippen LogP contribution in [0.3, 0.4) is 0 Å². The van der Waals surface area contributed by atoms with E-state index < -0.39 is 0 Å². The van der Waals surface area contributed by atoms with Crippen LogP contribution in [0.2, 0.25) is 0 Å². The molecule has 1 fully saturated rings. The molecule has 0 bridgehead atoms. The zero-order valence-electron chi connectivity index (χ0n) is 12.2. The van der Waals surface area contributed by atoms with Crippen molar-refractivity contribution in [2.75, 3.05) is 11.9 Å². The van der Waals surface area contributed by atoms with Gasteiger partial charge in [-0.1, -0.05) is 12.1 Å². The Labute approximate surface area is 128 Å². The lowest BCUT2D eigenvalue weighted by Gasteiger charge is -2.12. The molecule has 2 aliphatic rings. The summed E-state index contributed by atoms with van der Waals surface area (Å²) in [5, 5.41) is 13.2. The molecule has 2 amide bonds. The molecule has 6 nitrogen and oxygen atoms in total. The number of nitrogens with zero attached hydrogens (tertiary/aromatic N) is 1. The van der Waals surface area contributed by atoms with Crippen molar-refractivity contribution in [1.29, 1.82) is 0 Å². The van der Waals surface area contributed by atoms with E-state index in [9.17, 15) is 4.79 Å². The summed E-state index contributed by atoms with van der Waals surface area (Å²) in [5.74, 6) is 0. The van der Waals surface area contributed by atoms with Gasteiger partial charge in [0.25, 0.3) is 0 Å². The zero-order valence-corrected chi connectivity index (χ0v) is 12.2. The second kappa shape index (κ2) is 5.46. The Morgan fingerprint density at radius 1 is 1.27 bits per heavy atom. The smallest absolute Gasteiger partial charge is 0.319 e. The molecule has 1 aliphatic heterocycles. The monoisotopic (exact) mass is 298 g/mol. The minimum atomic E-state index is -0.138. The van der Waals surface area contributed by atoms with E-state index in [4.69, 9.17) is 4.74 Å². The molecular weight excluding hydrogens is 280 g/mol. The maximum Gasteiger partial charge on any atom is 0.319 e. The van der Waals surface area contributed by atoms with Gasteiger partial charge in [-0.05, 0) is 25.0 Å². The van der Waals surface area contributed by atoms with Crippen LogP contribution in [0, 0.1) is 0 Å². The van der Waals surface area contributed by atoms with Crippen LogP contribution in [0.5, 0.6) is 0 Å². The third kappa shape index (κ3) is 2.69. The quantitative estimate of drug-likeness (QED) is 0.814. The summed E-state index contributed by atoms with van der Waals surface area (Å²) in [6, 6.07) is 7.95. The largest absolute Gasteiger partial charge is 0.376 e. The van der Waals surface area contributed by atoms with Gasteiger partial charge in [-0.2, -0.15) is 5.10 Å². The molecule has 4 rings (SSSR count). The van der Waals surface area contributed by atoms with Gasteiger partial charge in [0.2, 0.25) is 0 Å². The van der Waals surface area contributed by atoms with Crippen LogP contribution < -0.4 is 10.6 Å². The maximum absolute atomic E-state index is 11.7. The number of aromatic amines is 1. The van der Waals surface area contributed by atoms with E-state index >= 15 is 0 Å². The first kappa shape index (κ1) is 13.3. The highest BCUT2D eigenvalue weighted by atomic mass is 16.5. The van der Waals surface area contributed by atoms with Crippen LogP contribution in [0.25, 0.3) is 11.3 Å². The molecule has 0 saturated heterocycles.